The zero-order valence-electron chi connectivity index (χ0n) is 4.22. The Morgan fingerprint density at radius 1 is 1.75 bits per heavy atom. The summed E-state index contributed by atoms with van der Waals surface area (Å²) >= 11 is 4.86. The number of hydrogen-bond donors (Lipinski definition) is 1. The van der Waals surface area contributed by atoms with Crippen LogP contribution in [0.5, 0.6) is 0 Å². The van der Waals surface area contributed by atoms with Crippen LogP contribution in [0.2, 0.25) is 0 Å². The molecule has 0 amide bonds. The van der Waals surface area contributed by atoms with E-state index in [0.717, 1.165) is 7.11 Å². The van der Waals surface area contributed by atoms with E-state index in [-0.39, 0.29) is 5.88 Å². The van der Waals surface area contributed by atoms with E-state index < -0.39 is 10.1 Å². The van der Waals surface area contributed by atoms with Gasteiger partial charge in [0.25, 0.3) is 10.1 Å². The molecule has 0 aromatic rings. The first-order valence-corrected chi connectivity index (χ1v) is 3.69. The molecule has 0 aromatic heterocycles. The van der Waals surface area contributed by atoms with Crippen molar-refractivity contribution in [3.8, 4) is 0 Å². The Labute approximate surface area is 53.0 Å². The molecule has 0 saturated carbocycles. The normalized spacial score (nSPS) is 11.8. The van der Waals surface area contributed by atoms with Crippen molar-refractivity contribution in [2.45, 2.75) is 0 Å². The average molecular weight is 160 g/mol. The summed E-state index contributed by atoms with van der Waals surface area (Å²) in [4.78, 5) is 1.92. The van der Waals surface area contributed by atoms with E-state index >= 15 is 0 Å². The van der Waals surface area contributed by atoms with Gasteiger partial charge < -0.3 is 0 Å². The quantitative estimate of drug-likeness (QED) is 0.452. The molecule has 0 aliphatic carbocycles. The second-order valence-corrected chi connectivity index (χ2v) is 3.01. The van der Waals surface area contributed by atoms with Crippen LogP contribution in [0.3, 0.4) is 0 Å². The van der Waals surface area contributed by atoms with Crippen LogP contribution in [0, 0.1) is 0 Å². The second kappa shape index (κ2) is 3.24. The van der Waals surface area contributed by atoms with Gasteiger partial charge in [0.2, 0.25) is 0 Å². The fraction of sp³-hybridized carbons (Fsp3) is 1.00. The van der Waals surface area contributed by atoms with Crippen LogP contribution in [0.25, 0.3) is 0 Å². The van der Waals surface area contributed by atoms with E-state index in [1.165, 1.54) is 0 Å². The maximum atomic E-state index is 10.2. The van der Waals surface area contributed by atoms with Crippen LogP contribution in [-0.4, -0.2) is 21.4 Å². The number of rotatable bonds is 3. The van der Waals surface area contributed by atoms with Crippen LogP contribution in [0.4, 0.5) is 0 Å². The van der Waals surface area contributed by atoms with Crippen LogP contribution < -0.4 is 4.84 Å². The summed E-state index contributed by atoms with van der Waals surface area (Å²) in [7, 11) is -2.34. The zero-order valence-corrected chi connectivity index (χ0v) is 5.79. The minimum Gasteiger partial charge on any atom is -0.272 e. The fourth-order valence-electron chi connectivity index (χ4n) is 0.126. The van der Waals surface area contributed by atoms with Gasteiger partial charge in [-0.25, -0.2) is 4.84 Å². The smallest absolute Gasteiger partial charge is 0.272 e. The second-order valence-electron chi connectivity index (χ2n) is 1.00. The lowest BCUT2D eigenvalue weighted by Crippen LogP contribution is -2.15. The Bertz CT molecular complexity index is 141. The maximum Gasteiger partial charge on any atom is 0.281 e. The fourth-order valence-corrected chi connectivity index (χ4v) is 0.778. The standard InChI is InChI=1S/C2H6ClNO3S/c1-7-8(5,6)2-4-3/h4H,2H2,1H3. The van der Waals surface area contributed by atoms with Gasteiger partial charge >= 0.3 is 0 Å². The Morgan fingerprint density at radius 3 is 2.38 bits per heavy atom. The first-order chi connectivity index (χ1) is 3.62. The predicted octanol–water partition coefficient (Wildman–Crippen LogP) is -0.336. The third kappa shape index (κ3) is 3.20. The van der Waals surface area contributed by atoms with Gasteiger partial charge in [-0.15, -0.1) is 0 Å². The molecule has 0 aliphatic heterocycles. The van der Waals surface area contributed by atoms with Crippen molar-refractivity contribution < 1.29 is 12.6 Å². The first kappa shape index (κ1) is 8.16. The molecule has 0 radical (unpaired) electrons. The lowest BCUT2D eigenvalue weighted by Gasteiger charge is -1.94. The Balaban J connectivity index is 3.76. The third-order valence-corrected chi connectivity index (χ3v) is 1.78. The average Bonchev–Trinajstić information content (AvgIpc) is 1.67. The minimum absolute atomic E-state index is 0.370. The van der Waals surface area contributed by atoms with E-state index in [1.807, 2.05) is 4.84 Å². The highest BCUT2D eigenvalue weighted by atomic mass is 35.5. The molecule has 0 heterocycles. The molecule has 0 fully saturated rings. The molecule has 0 unspecified atom stereocenters. The molecule has 0 atom stereocenters. The van der Waals surface area contributed by atoms with Crippen molar-refractivity contribution in [1.82, 2.24) is 4.84 Å². The molecule has 0 saturated heterocycles. The summed E-state index contributed by atoms with van der Waals surface area (Å²) in [5, 5.41) is 0. The first-order valence-electron chi connectivity index (χ1n) is 1.74. The van der Waals surface area contributed by atoms with Gasteiger partial charge in [0, 0.05) is 0 Å². The monoisotopic (exact) mass is 159 g/mol. The summed E-state index contributed by atoms with van der Waals surface area (Å²) in [5.41, 5.74) is 0. The lowest BCUT2D eigenvalue weighted by molar-refractivity contribution is 0.397. The molecule has 0 rings (SSSR count). The third-order valence-electron chi connectivity index (χ3n) is 0.485. The molecular formula is C2H6ClNO3S. The van der Waals surface area contributed by atoms with Crippen molar-refractivity contribution in [3.05, 3.63) is 0 Å². The Morgan fingerprint density at radius 2 is 2.25 bits per heavy atom. The SMILES string of the molecule is COS(=O)(=O)CNCl. The van der Waals surface area contributed by atoms with Gasteiger partial charge in [-0.2, -0.15) is 8.42 Å². The lowest BCUT2D eigenvalue weighted by atomic mass is 11.5. The van der Waals surface area contributed by atoms with E-state index in [2.05, 4.69) is 4.18 Å². The summed E-state index contributed by atoms with van der Waals surface area (Å²) < 4.78 is 24.5. The number of nitrogens with one attached hydrogen (secondary N) is 1. The zero-order chi connectivity index (χ0) is 6.62. The summed E-state index contributed by atoms with van der Waals surface area (Å²) in [6.45, 7) is 0. The molecule has 4 nitrogen and oxygen atoms in total. The topological polar surface area (TPSA) is 55.4 Å². The van der Waals surface area contributed by atoms with Crippen molar-refractivity contribution in [2.24, 2.45) is 0 Å². The highest BCUT2D eigenvalue weighted by Gasteiger charge is 2.04. The summed E-state index contributed by atoms with van der Waals surface area (Å²) in [6.07, 6.45) is 0. The highest BCUT2D eigenvalue weighted by molar-refractivity contribution is 7.86. The van der Waals surface area contributed by atoms with Crippen molar-refractivity contribution in [2.75, 3.05) is 13.0 Å². The van der Waals surface area contributed by atoms with Crippen LogP contribution in [0.15, 0.2) is 0 Å². The van der Waals surface area contributed by atoms with Crippen molar-refractivity contribution in [3.63, 3.8) is 0 Å². The molecule has 1 N–H and O–H groups in total. The molecule has 0 aromatic carbocycles. The summed E-state index contributed by atoms with van der Waals surface area (Å²) in [6, 6.07) is 0. The van der Waals surface area contributed by atoms with Gasteiger partial charge in [0.15, 0.2) is 0 Å². The van der Waals surface area contributed by atoms with E-state index in [1.54, 1.807) is 0 Å². The molecule has 0 aliphatic rings. The molecular weight excluding hydrogens is 154 g/mol. The Hall–Kier alpha value is 0.160. The van der Waals surface area contributed by atoms with E-state index in [4.69, 9.17) is 11.8 Å². The minimum atomic E-state index is -3.41. The summed E-state index contributed by atoms with van der Waals surface area (Å²) in [5.74, 6) is -0.370. The van der Waals surface area contributed by atoms with Crippen LogP contribution in [-0.2, 0) is 14.3 Å². The van der Waals surface area contributed by atoms with E-state index in [0.29, 0.717) is 0 Å². The molecule has 8 heavy (non-hydrogen) atoms. The van der Waals surface area contributed by atoms with Crippen molar-refractivity contribution >= 4 is 21.9 Å². The largest absolute Gasteiger partial charge is 0.281 e. The van der Waals surface area contributed by atoms with Crippen LogP contribution in [0.1, 0.15) is 0 Å². The molecule has 0 spiro atoms. The Kier molecular flexibility index (Phi) is 3.30. The van der Waals surface area contributed by atoms with Gasteiger partial charge in [-0.05, 0) is 11.8 Å². The van der Waals surface area contributed by atoms with Gasteiger partial charge in [-0.3, -0.25) is 4.18 Å². The predicted molar refractivity (Wildman–Crippen MR) is 29.8 cm³/mol. The van der Waals surface area contributed by atoms with E-state index in [9.17, 15) is 8.42 Å². The molecule has 6 heteroatoms. The molecule has 0 bridgehead atoms. The number of hydrogen-bond acceptors (Lipinski definition) is 4. The van der Waals surface area contributed by atoms with Gasteiger partial charge in [0.1, 0.15) is 5.88 Å². The molecule has 50 valence electrons. The maximum absolute atomic E-state index is 10.2. The number of halogens is 1. The van der Waals surface area contributed by atoms with Crippen LogP contribution >= 0.6 is 11.8 Å². The van der Waals surface area contributed by atoms with Gasteiger partial charge in [-0.1, -0.05) is 0 Å². The highest BCUT2D eigenvalue weighted by Crippen LogP contribution is 1.85. The van der Waals surface area contributed by atoms with Crippen molar-refractivity contribution in [1.29, 1.82) is 0 Å². The van der Waals surface area contributed by atoms with Gasteiger partial charge in [0.05, 0.1) is 7.11 Å².